The van der Waals surface area contributed by atoms with Gasteiger partial charge < -0.3 is 10.1 Å². The van der Waals surface area contributed by atoms with Gasteiger partial charge in [-0.1, -0.05) is 20.8 Å². The lowest BCUT2D eigenvalue weighted by molar-refractivity contribution is 0.289. The van der Waals surface area contributed by atoms with Crippen molar-refractivity contribution in [1.29, 1.82) is 0 Å². The van der Waals surface area contributed by atoms with E-state index in [2.05, 4.69) is 26.1 Å². The van der Waals surface area contributed by atoms with Crippen molar-refractivity contribution in [1.82, 2.24) is 5.32 Å². The first-order valence-electron chi connectivity index (χ1n) is 7.27. The van der Waals surface area contributed by atoms with Crippen molar-refractivity contribution in [3.05, 3.63) is 24.3 Å². The van der Waals surface area contributed by atoms with Crippen LogP contribution in [0.4, 0.5) is 0 Å². The highest BCUT2D eigenvalue weighted by atomic mass is 32.2. The van der Waals surface area contributed by atoms with Crippen molar-refractivity contribution in [2.45, 2.75) is 49.8 Å². The molecule has 1 saturated carbocycles. The Morgan fingerprint density at radius 1 is 1.35 bits per heavy atom. The summed E-state index contributed by atoms with van der Waals surface area (Å²) in [6.45, 7) is 7.57. The molecular weight excluding hydrogens is 270 g/mol. The van der Waals surface area contributed by atoms with Crippen LogP contribution in [0.1, 0.15) is 33.6 Å². The first kappa shape index (κ1) is 15.5. The maximum atomic E-state index is 12.8. The molecule has 1 aromatic carbocycles. The average molecular weight is 295 g/mol. The highest BCUT2D eigenvalue weighted by Crippen LogP contribution is 2.41. The lowest BCUT2D eigenvalue weighted by Gasteiger charge is -2.31. The largest absolute Gasteiger partial charge is 0.497 e. The molecule has 0 bridgehead atoms. The monoisotopic (exact) mass is 295 g/mol. The first-order chi connectivity index (χ1) is 9.49. The van der Waals surface area contributed by atoms with Crippen LogP contribution in [-0.4, -0.2) is 29.2 Å². The molecule has 0 amide bonds. The fourth-order valence-corrected chi connectivity index (χ4v) is 4.88. The molecule has 0 saturated heterocycles. The molecule has 20 heavy (non-hydrogen) atoms. The molecule has 0 radical (unpaired) electrons. The molecule has 1 aliphatic carbocycles. The normalized spacial score (nSPS) is 26.4. The molecule has 3 unspecified atom stereocenters. The number of rotatable bonds is 5. The van der Waals surface area contributed by atoms with Gasteiger partial charge in [0.15, 0.2) is 0 Å². The van der Waals surface area contributed by atoms with E-state index < -0.39 is 10.8 Å². The summed E-state index contributed by atoms with van der Waals surface area (Å²) in [6, 6.07) is 7.92. The highest BCUT2D eigenvalue weighted by Gasteiger charge is 2.44. The zero-order chi connectivity index (χ0) is 14.8. The van der Waals surface area contributed by atoms with Gasteiger partial charge in [-0.15, -0.1) is 0 Å². The van der Waals surface area contributed by atoms with Crippen LogP contribution in [0.15, 0.2) is 29.2 Å². The van der Waals surface area contributed by atoms with Crippen LogP contribution in [0.2, 0.25) is 0 Å². The summed E-state index contributed by atoms with van der Waals surface area (Å²) >= 11 is 0. The van der Waals surface area contributed by atoms with Gasteiger partial charge in [-0.05, 0) is 49.1 Å². The topological polar surface area (TPSA) is 38.3 Å². The van der Waals surface area contributed by atoms with Crippen molar-refractivity contribution in [3.63, 3.8) is 0 Å². The van der Waals surface area contributed by atoms with E-state index in [1.165, 1.54) is 0 Å². The molecule has 0 heterocycles. The number of methoxy groups -OCH3 is 1. The summed E-state index contributed by atoms with van der Waals surface area (Å²) in [6.07, 6.45) is 2.14. The second kappa shape index (κ2) is 6.27. The Morgan fingerprint density at radius 3 is 2.55 bits per heavy atom. The van der Waals surface area contributed by atoms with Gasteiger partial charge in [0.2, 0.25) is 0 Å². The van der Waals surface area contributed by atoms with Crippen LogP contribution in [-0.2, 0) is 10.8 Å². The Balaban J connectivity index is 2.18. The maximum Gasteiger partial charge on any atom is 0.118 e. The summed E-state index contributed by atoms with van der Waals surface area (Å²) in [5.74, 6) is 0.806. The SMILES string of the molecule is CCNC1C(S(=O)c2ccc(OC)cc2)CCC1(C)C. The van der Waals surface area contributed by atoms with Crippen molar-refractivity contribution >= 4 is 10.8 Å². The van der Waals surface area contributed by atoms with E-state index in [-0.39, 0.29) is 10.7 Å². The van der Waals surface area contributed by atoms with Crippen molar-refractivity contribution in [2.75, 3.05) is 13.7 Å². The molecule has 0 aliphatic heterocycles. The van der Waals surface area contributed by atoms with Gasteiger partial charge in [-0.2, -0.15) is 0 Å². The lowest BCUT2D eigenvalue weighted by atomic mass is 9.87. The van der Waals surface area contributed by atoms with Crippen LogP contribution in [0.25, 0.3) is 0 Å². The number of hydrogen-bond donors (Lipinski definition) is 1. The lowest BCUT2D eigenvalue weighted by Crippen LogP contribution is -2.45. The minimum absolute atomic E-state index is 0.193. The minimum Gasteiger partial charge on any atom is -0.497 e. The Labute approximate surface area is 124 Å². The molecular formula is C16H25NO2S. The molecule has 1 aliphatic rings. The van der Waals surface area contributed by atoms with E-state index in [1.54, 1.807) is 7.11 Å². The third-order valence-electron chi connectivity index (χ3n) is 4.28. The summed E-state index contributed by atoms with van der Waals surface area (Å²) < 4.78 is 18.0. The highest BCUT2D eigenvalue weighted by molar-refractivity contribution is 7.85. The predicted octanol–water partition coefficient (Wildman–Crippen LogP) is 2.97. The molecule has 1 N–H and O–H groups in total. The minimum atomic E-state index is -0.965. The second-order valence-corrected chi connectivity index (χ2v) is 7.75. The zero-order valence-electron chi connectivity index (χ0n) is 12.8. The van der Waals surface area contributed by atoms with Gasteiger partial charge in [0.05, 0.1) is 23.2 Å². The standard InChI is InChI=1S/C16H25NO2S/c1-5-17-15-14(10-11-16(15,2)3)20(18)13-8-6-12(19-4)7-9-13/h6-9,14-15,17H,5,10-11H2,1-4H3. The Morgan fingerprint density at radius 2 is 2.00 bits per heavy atom. The van der Waals surface area contributed by atoms with E-state index in [9.17, 15) is 4.21 Å². The van der Waals surface area contributed by atoms with E-state index in [0.717, 1.165) is 30.0 Å². The quantitative estimate of drug-likeness (QED) is 0.907. The van der Waals surface area contributed by atoms with E-state index >= 15 is 0 Å². The van der Waals surface area contributed by atoms with E-state index in [1.807, 2.05) is 24.3 Å². The number of hydrogen-bond acceptors (Lipinski definition) is 3. The molecule has 3 nitrogen and oxygen atoms in total. The van der Waals surface area contributed by atoms with E-state index in [4.69, 9.17) is 4.74 Å². The van der Waals surface area contributed by atoms with Crippen LogP contribution in [0.3, 0.4) is 0 Å². The molecule has 112 valence electrons. The van der Waals surface area contributed by atoms with Crippen LogP contribution in [0, 0.1) is 5.41 Å². The van der Waals surface area contributed by atoms with Crippen LogP contribution >= 0.6 is 0 Å². The number of ether oxygens (including phenoxy) is 1. The van der Waals surface area contributed by atoms with Gasteiger partial charge in [0, 0.05) is 10.9 Å². The molecule has 0 spiro atoms. The maximum absolute atomic E-state index is 12.8. The van der Waals surface area contributed by atoms with E-state index in [0.29, 0.717) is 6.04 Å². The summed E-state index contributed by atoms with van der Waals surface area (Å²) in [4.78, 5) is 0.899. The van der Waals surface area contributed by atoms with Crippen molar-refractivity contribution < 1.29 is 8.95 Å². The Bertz CT molecular complexity index is 470. The summed E-state index contributed by atoms with van der Waals surface area (Å²) in [5.41, 5.74) is 0.211. The molecule has 3 atom stereocenters. The third kappa shape index (κ3) is 3.07. The molecule has 2 rings (SSSR count). The smallest absolute Gasteiger partial charge is 0.118 e. The Kier molecular flexibility index (Phi) is 4.86. The Hall–Kier alpha value is -0.870. The van der Waals surface area contributed by atoms with Crippen LogP contribution in [0.5, 0.6) is 5.75 Å². The molecule has 0 aromatic heterocycles. The van der Waals surface area contributed by atoms with Gasteiger partial charge in [0.1, 0.15) is 5.75 Å². The zero-order valence-corrected chi connectivity index (χ0v) is 13.6. The number of benzene rings is 1. The first-order valence-corrected chi connectivity index (χ1v) is 8.49. The third-order valence-corrected chi connectivity index (χ3v) is 6.07. The van der Waals surface area contributed by atoms with Crippen LogP contribution < -0.4 is 10.1 Å². The fraction of sp³-hybridized carbons (Fsp3) is 0.625. The summed E-state index contributed by atoms with van der Waals surface area (Å²) in [5, 5.41) is 3.73. The molecule has 1 fully saturated rings. The summed E-state index contributed by atoms with van der Waals surface area (Å²) in [7, 11) is 0.680. The van der Waals surface area contributed by atoms with Gasteiger partial charge in [-0.25, -0.2) is 0 Å². The fourth-order valence-electron chi connectivity index (χ4n) is 3.08. The number of nitrogens with one attached hydrogen (secondary N) is 1. The molecule has 4 heteroatoms. The van der Waals surface area contributed by atoms with Gasteiger partial charge in [0.25, 0.3) is 0 Å². The molecule has 1 aromatic rings. The van der Waals surface area contributed by atoms with Crippen molar-refractivity contribution in [2.24, 2.45) is 5.41 Å². The van der Waals surface area contributed by atoms with Gasteiger partial charge >= 0.3 is 0 Å². The second-order valence-electron chi connectivity index (χ2n) is 6.07. The predicted molar refractivity (Wildman–Crippen MR) is 83.7 cm³/mol. The van der Waals surface area contributed by atoms with Crippen molar-refractivity contribution in [3.8, 4) is 5.75 Å². The average Bonchev–Trinajstić information content (AvgIpc) is 2.74. The van der Waals surface area contributed by atoms with Gasteiger partial charge in [-0.3, -0.25) is 4.21 Å².